The molecule has 1 rings (SSSR count). The molecule has 1 atom stereocenters. The van der Waals surface area contributed by atoms with E-state index in [-0.39, 0.29) is 25.1 Å². The Labute approximate surface area is 108 Å². The van der Waals surface area contributed by atoms with E-state index in [1.54, 1.807) is 24.3 Å². The maximum absolute atomic E-state index is 11.1. The van der Waals surface area contributed by atoms with Crippen molar-refractivity contribution in [3.63, 3.8) is 0 Å². The second-order valence-corrected chi connectivity index (χ2v) is 4.43. The maximum atomic E-state index is 11.1. The van der Waals surface area contributed by atoms with E-state index in [1.807, 2.05) is 13.8 Å². The zero-order chi connectivity index (χ0) is 13.5. The fourth-order valence-electron chi connectivity index (χ4n) is 1.33. The minimum atomic E-state index is -0.653. The molecule has 1 aromatic rings. The maximum Gasteiger partial charge on any atom is 0.159 e. The molecule has 4 nitrogen and oxygen atoms in total. The minimum Gasteiger partial charge on any atom is -0.491 e. The largest absolute Gasteiger partial charge is 0.491 e. The molecule has 4 heteroatoms. The number of benzene rings is 1. The first-order valence-electron chi connectivity index (χ1n) is 6.02. The quantitative estimate of drug-likeness (QED) is 0.755. The number of ketones is 1. The van der Waals surface area contributed by atoms with E-state index in [9.17, 15) is 9.90 Å². The third-order valence-corrected chi connectivity index (χ3v) is 2.33. The summed E-state index contributed by atoms with van der Waals surface area (Å²) in [6.45, 7) is 5.76. The lowest BCUT2D eigenvalue weighted by molar-refractivity contribution is -0.0122. The van der Waals surface area contributed by atoms with Crippen LogP contribution in [0.4, 0.5) is 0 Å². The average molecular weight is 252 g/mol. The Balaban J connectivity index is 2.36. The fourth-order valence-corrected chi connectivity index (χ4v) is 1.33. The summed E-state index contributed by atoms with van der Waals surface area (Å²) in [6.07, 6.45) is -0.561. The molecule has 0 radical (unpaired) electrons. The van der Waals surface area contributed by atoms with E-state index in [2.05, 4.69) is 0 Å². The van der Waals surface area contributed by atoms with Gasteiger partial charge in [0.25, 0.3) is 0 Å². The van der Waals surface area contributed by atoms with Crippen LogP contribution in [0.15, 0.2) is 24.3 Å². The molecule has 0 aliphatic heterocycles. The van der Waals surface area contributed by atoms with Crippen molar-refractivity contribution >= 4 is 5.78 Å². The van der Waals surface area contributed by atoms with Crippen LogP contribution in [-0.2, 0) is 4.74 Å². The molecule has 0 saturated carbocycles. The highest BCUT2D eigenvalue weighted by atomic mass is 16.5. The highest BCUT2D eigenvalue weighted by Crippen LogP contribution is 2.12. The number of rotatable bonds is 7. The molecule has 0 spiro atoms. The van der Waals surface area contributed by atoms with E-state index in [0.717, 1.165) is 0 Å². The first kappa shape index (κ1) is 14.7. The number of aliphatic hydroxyl groups excluding tert-OH is 1. The lowest BCUT2D eigenvalue weighted by Gasteiger charge is -2.14. The zero-order valence-electron chi connectivity index (χ0n) is 11.1. The van der Waals surface area contributed by atoms with Gasteiger partial charge in [-0.2, -0.15) is 0 Å². The molecule has 1 N–H and O–H groups in total. The van der Waals surface area contributed by atoms with Gasteiger partial charge in [-0.3, -0.25) is 4.79 Å². The highest BCUT2D eigenvalue weighted by molar-refractivity contribution is 5.94. The first-order chi connectivity index (χ1) is 8.49. The monoisotopic (exact) mass is 252 g/mol. The number of carbonyl (C=O) groups excluding carboxylic acids is 1. The fraction of sp³-hybridized carbons (Fsp3) is 0.500. The van der Waals surface area contributed by atoms with E-state index < -0.39 is 6.10 Å². The van der Waals surface area contributed by atoms with Crippen LogP contribution in [0.2, 0.25) is 0 Å². The van der Waals surface area contributed by atoms with E-state index in [1.165, 1.54) is 6.92 Å². The van der Waals surface area contributed by atoms with Gasteiger partial charge < -0.3 is 14.6 Å². The van der Waals surface area contributed by atoms with E-state index in [0.29, 0.717) is 11.3 Å². The summed E-state index contributed by atoms with van der Waals surface area (Å²) in [5.41, 5.74) is 0.644. The standard InChI is InChI=1S/C14H20O4/c1-10(2)17-8-13(16)9-18-14-6-4-12(5-7-14)11(3)15/h4-7,10,13,16H,8-9H2,1-3H3. The Kier molecular flexibility index (Phi) is 5.82. The molecule has 0 saturated heterocycles. The van der Waals surface area contributed by atoms with Crippen LogP contribution in [0.5, 0.6) is 5.75 Å². The summed E-state index contributed by atoms with van der Waals surface area (Å²) < 4.78 is 10.7. The average Bonchev–Trinajstić information content (AvgIpc) is 2.34. The van der Waals surface area contributed by atoms with Crippen molar-refractivity contribution in [3.8, 4) is 5.75 Å². The molecule has 0 aliphatic rings. The normalized spacial score (nSPS) is 12.5. The first-order valence-corrected chi connectivity index (χ1v) is 6.02. The lowest BCUT2D eigenvalue weighted by Crippen LogP contribution is -2.25. The topological polar surface area (TPSA) is 55.8 Å². The Morgan fingerprint density at radius 2 is 1.83 bits per heavy atom. The Bertz CT molecular complexity index is 370. The van der Waals surface area contributed by atoms with Crippen LogP contribution in [0, 0.1) is 0 Å². The third-order valence-electron chi connectivity index (χ3n) is 2.33. The van der Waals surface area contributed by atoms with Crippen molar-refractivity contribution in [2.75, 3.05) is 13.2 Å². The third kappa shape index (κ3) is 5.29. The van der Waals surface area contributed by atoms with Crippen molar-refractivity contribution in [1.29, 1.82) is 0 Å². The molecule has 0 fully saturated rings. The van der Waals surface area contributed by atoms with Crippen LogP contribution >= 0.6 is 0 Å². The number of ether oxygens (including phenoxy) is 2. The molecule has 100 valence electrons. The lowest BCUT2D eigenvalue weighted by atomic mass is 10.1. The second kappa shape index (κ2) is 7.13. The molecule has 1 aromatic carbocycles. The summed E-state index contributed by atoms with van der Waals surface area (Å²) in [5, 5.41) is 9.60. The number of hydrogen-bond acceptors (Lipinski definition) is 4. The second-order valence-electron chi connectivity index (χ2n) is 4.43. The molecule has 0 aliphatic carbocycles. The molecule has 0 amide bonds. The van der Waals surface area contributed by atoms with Gasteiger partial charge >= 0.3 is 0 Å². The Morgan fingerprint density at radius 1 is 1.22 bits per heavy atom. The highest BCUT2D eigenvalue weighted by Gasteiger charge is 2.07. The predicted molar refractivity (Wildman–Crippen MR) is 69.0 cm³/mol. The van der Waals surface area contributed by atoms with Gasteiger partial charge in [0.15, 0.2) is 5.78 Å². The molecular formula is C14H20O4. The smallest absolute Gasteiger partial charge is 0.159 e. The van der Waals surface area contributed by atoms with Gasteiger partial charge in [-0.15, -0.1) is 0 Å². The number of Topliss-reactive ketones (excluding diaryl/α,β-unsaturated/α-hetero) is 1. The van der Waals surface area contributed by atoms with Crippen molar-refractivity contribution in [2.24, 2.45) is 0 Å². The molecule has 0 bridgehead atoms. The van der Waals surface area contributed by atoms with Gasteiger partial charge in [-0.05, 0) is 45.0 Å². The molecule has 18 heavy (non-hydrogen) atoms. The van der Waals surface area contributed by atoms with E-state index in [4.69, 9.17) is 9.47 Å². The number of hydrogen-bond donors (Lipinski definition) is 1. The SMILES string of the molecule is CC(=O)c1ccc(OCC(O)COC(C)C)cc1. The number of carbonyl (C=O) groups is 1. The minimum absolute atomic E-state index is 0.0203. The van der Waals surface area contributed by atoms with Crippen molar-refractivity contribution in [2.45, 2.75) is 33.0 Å². The molecule has 1 unspecified atom stereocenters. The van der Waals surface area contributed by atoms with Crippen LogP contribution in [0.1, 0.15) is 31.1 Å². The summed E-state index contributed by atoms with van der Waals surface area (Å²) in [5.74, 6) is 0.649. The Hall–Kier alpha value is -1.39. The van der Waals surface area contributed by atoms with Gasteiger partial charge in [-0.1, -0.05) is 0 Å². The van der Waals surface area contributed by atoms with Crippen LogP contribution in [0.25, 0.3) is 0 Å². The van der Waals surface area contributed by atoms with Gasteiger partial charge in [0.05, 0.1) is 12.7 Å². The molecule has 0 heterocycles. The summed E-state index contributed by atoms with van der Waals surface area (Å²) in [7, 11) is 0. The van der Waals surface area contributed by atoms with Crippen molar-refractivity contribution in [3.05, 3.63) is 29.8 Å². The molecule has 0 aromatic heterocycles. The van der Waals surface area contributed by atoms with Gasteiger partial charge in [-0.25, -0.2) is 0 Å². The summed E-state index contributed by atoms with van der Waals surface area (Å²) in [4.78, 5) is 11.1. The van der Waals surface area contributed by atoms with E-state index >= 15 is 0 Å². The van der Waals surface area contributed by atoms with Gasteiger partial charge in [0, 0.05) is 5.56 Å². The Morgan fingerprint density at radius 3 is 2.33 bits per heavy atom. The number of aliphatic hydroxyl groups is 1. The van der Waals surface area contributed by atoms with Crippen LogP contribution in [-0.4, -0.2) is 36.3 Å². The van der Waals surface area contributed by atoms with Crippen LogP contribution in [0.3, 0.4) is 0 Å². The summed E-state index contributed by atoms with van der Waals surface area (Å²) >= 11 is 0. The summed E-state index contributed by atoms with van der Waals surface area (Å²) in [6, 6.07) is 6.84. The van der Waals surface area contributed by atoms with Crippen molar-refractivity contribution < 1.29 is 19.4 Å². The predicted octanol–water partition coefficient (Wildman–Crippen LogP) is 2.05. The zero-order valence-corrected chi connectivity index (χ0v) is 11.1. The van der Waals surface area contributed by atoms with Crippen molar-refractivity contribution in [1.82, 2.24) is 0 Å². The van der Waals surface area contributed by atoms with Crippen LogP contribution < -0.4 is 4.74 Å². The van der Waals surface area contributed by atoms with Gasteiger partial charge in [0.1, 0.15) is 18.5 Å². The van der Waals surface area contributed by atoms with Gasteiger partial charge in [0.2, 0.25) is 0 Å². The molecular weight excluding hydrogens is 232 g/mol.